The number of carbonyl (C=O) groups excluding carboxylic acids is 1. The Morgan fingerprint density at radius 2 is 1.45 bits per heavy atom. The van der Waals surface area contributed by atoms with Gasteiger partial charge in [-0.2, -0.15) is 0 Å². The molecule has 5 nitrogen and oxygen atoms in total. The van der Waals surface area contributed by atoms with Crippen molar-refractivity contribution in [3.8, 4) is 11.1 Å². The fourth-order valence-corrected chi connectivity index (χ4v) is 3.40. The van der Waals surface area contributed by atoms with Gasteiger partial charge in [-0.1, -0.05) is 57.7 Å². The Kier molecular flexibility index (Phi) is 10.7. The first kappa shape index (κ1) is 26.7. The van der Waals surface area contributed by atoms with Gasteiger partial charge in [0.15, 0.2) is 0 Å². The van der Waals surface area contributed by atoms with Gasteiger partial charge in [0.25, 0.3) is 0 Å². The van der Waals surface area contributed by atoms with Crippen LogP contribution in [0.2, 0.25) is 0 Å². The number of hydrogen-bond acceptors (Lipinski definition) is 4. The van der Waals surface area contributed by atoms with E-state index in [0.717, 1.165) is 25.2 Å². The molecule has 1 aliphatic heterocycles. The van der Waals surface area contributed by atoms with Crippen LogP contribution in [0.3, 0.4) is 0 Å². The molecule has 1 amide bonds. The van der Waals surface area contributed by atoms with Gasteiger partial charge in [-0.25, -0.2) is 4.79 Å². The lowest BCUT2D eigenvalue weighted by atomic mass is 10.0. The van der Waals surface area contributed by atoms with E-state index in [1.165, 1.54) is 16.7 Å². The number of nitrogens with two attached hydrogens (primary N) is 1. The molecule has 1 saturated heterocycles. The second-order valence-electron chi connectivity index (χ2n) is 8.35. The van der Waals surface area contributed by atoms with Crippen LogP contribution in [0.4, 0.5) is 4.79 Å². The zero-order chi connectivity index (χ0) is 22.1. The Labute approximate surface area is 189 Å². The Bertz CT molecular complexity index is 806. The van der Waals surface area contributed by atoms with Crippen LogP contribution < -0.4 is 5.73 Å². The van der Waals surface area contributed by atoms with Gasteiger partial charge in [0.1, 0.15) is 5.60 Å². The third kappa shape index (κ3) is 8.35. The first-order chi connectivity index (χ1) is 14.3. The van der Waals surface area contributed by atoms with Crippen molar-refractivity contribution in [3.05, 3.63) is 59.7 Å². The molecule has 2 aromatic carbocycles. The molecule has 1 fully saturated rings. The van der Waals surface area contributed by atoms with E-state index in [-0.39, 0.29) is 13.5 Å². The van der Waals surface area contributed by atoms with Crippen molar-refractivity contribution < 1.29 is 9.53 Å². The molecule has 0 atom stereocenters. The number of rotatable bonds is 4. The number of nitrogens with zero attached hydrogens (tertiary/aromatic N) is 2. The van der Waals surface area contributed by atoms with Crippen LogP contribution in [-0.2, 0) is 17.8 Å². The van der Waals surface area contributed by atoms with E-state index in [9.17, 15) is 4.79 Å². The summed E-state index contributed by atoms with van der Waals surface area (Å²) in [6.45, 7) is 14.2. The average molecular weight is 428 g/mol. The maximum Gasteiger partial charge on any atom is 0.410 e. The van der Waals surface area contributed by atoms with Crippen LogP contribution in [0.5, 0.6) is 0 Å². The van der Waals surface area contributed by atoms with Crippen molar-refractivity contribution in [2.24, 2.45) is 5.73 Å². The van der Waals surface area contributed by atoms with Crippen LogP contribution >= 0.6 is 0 Å². The number of ether oxygens (including phenoxy) is 1. The van der Waals surface area contributed by atoms with Crippen LogP contribution in [0.1, 0.15) is 53.2 Å². The molecule has 2 N–H and O–H groups in total. The highest BCUT2D eigenvalue weighted by Gasteiger charge is 2.25. The van der Waals surface area contributed by atoms with Crippen LogP contribution in [-0.4, -0.2) is 47.7 Å². The van der Waals surface area contributed by atoms with Crippen molar-refractivity contribution in [2.45, 2.75) is 60.7 Å². The highest BCUT2D eigenvalue weighted by Crippen LogP contribution is 2.22. The summed E-state index contributed by atoms with van der Waals surface area (Å²) in [6.07, 6.45) is -0.214. The van der Waals surface area contributed by atoms with Crippen LogP contribution in [0, 0.1) is 0 Å². The first-order valence-electron chi connectivity index (χ1n) is 10.9. The summed E-state index contributed by atoms with van der Waals surface area (Å²) in [5.74, 6) is 0. The molecule has 0 aliphatic carbocycles. The van der Waals surface area contributed by atoms with Crippen molar-refractivity contribution >= 4 is 6.09 Å². The van der Waals surface area contributed by atoms with E-state index in [0.29, 0.717) is 19.6 Å². The summed E-state index contributed by atoms with van der Waals surface area (Å²) in [5.41, 5.74) is 10.1. The molecule has 172 valence electrons. The zero-order valence-electron chi connectivity index (χ0n) is 19.1. The molecule has 0 saturated carbocycles. The van der Waals surface area contributed by atoms with E-state index in [1.807, 2.05) is 34.6 Å². The minimum Gasteiger partial charge on any atom is -0.444 e. The highest BCUT2D eigenvalue weighted by molar-refractivity contribution is 5.68. The summed E-state index contributed by atoms with van der Waals surface area (Å²) in [5, 5.41) is 0. The Morgan fingerprint density at radius 1 is 0.935 bits per heavy atom. The lowest BCUT2D eigenvalue weighted by Crippen LogP contribution is -2.49. The third-order valence-electron chi connectivity index (χ3n) is 4.85. The molecule has 31 heavy (non-hydrogen) atoms. The maximum absolute atomic E-state index is 12.2. The van der Waals surface area contributed by atoms with Crippen molar-refractivity contribution in [1.29, 1.82) is 0 Å². The van der Waals surface area contributed by atoms with E-state index in [1.54, 1.807) is 4.90 Å². The van der Waals surface area contributed by atoms with E-state index < -0.39 is 5.60 Å². The summed E-state index contributed by atoms with van der Waals surface area (Å²) >= 11 is 0. The molecule has 0 unspecified atom stereocenters. The Morgan fingerprint density at radius 3 is 1.97 bits per heavy atom. The topological polar surface area (TPSA) is 58.8 Å². The molecule has 0 radical (unpaired) electrons. The Hall–Kier alpha value is -2.37. The van der Waals surface area contributed by atoms with Gasteiger partial charge in [0, 0.05) is 39.3 Å². The van der Waals surface area contributed by atoms with Gasteiger partial charge >= 0.3 is 6.09 Å². The molecular formula is C26H41N3O2. The number of carbonyl (C=O) groups is 1. The zero-order valence-corrected chi connectivity index (χ0v) is 19.1. The van der Waals surface area contributed by atoms with Gasteiger partial charge in [0.05, 0.1) is 0 Å². The lowest BCUT2D eigenvalue weighted by Gasteiger charge is -2.35. The van der Waals surface area contributed by atoms with Crippen molar-refractivity contribution in [3.63, 3.8) is 0 Å². The third-order valence-corrected chi connectivity index (χ3v) is 4.85. The largest absolute Gasteiger partial charge is 0.444 e. The number of benzene rings is 2. The molecule has 1 aliphatic rings. The second-order valence-corrected chi connectivity index (χ2v) is 8.35. The molecule has 0 aromatic heterocycles. The average Bonchev–Trinajstić information content (AvgIpc) is 2.75. The summed E-state index contributed by atoms with van der Waals surface area (Å²) < 4.78 is 5.47. The normalized spacial score (nSPS) is 14.2. The monoisotopic (exact) mass is 427 g/mol. The smallest absolute Gasteiger partial charge is 0.410 e. The molecule has 1 heterocycles. The summed E-state index contributed by atoms with van der Waals surface area (Å²) in [6, 6.07) is 17.0. The molecule has 0 bridgehead atoms. The second kappa shape index (κ2) is 12.5. The SMILES string of the molecule is C.CC.CC(C)(C)OC(=O)N1CCN(Cc2cccc(-c3cccc(CN)c3)c2)CC1. The lowest BCUT2D eigenvalue weighted by molar-refractivity contribution is 0.0139. The summed E-state index contributed by atoms with van der Waals surface area (Å²) in [7, 11) is 0. The van der Waals surface area contributed by atoms with Crippen LogP contribution in [0.15, 0.2) is 48.5 Å². The quantitative estimate of drug-likeness (QED) is 0.697. The Balaban J connectivity index is 0.00000156. The highest BCUT2D eigenvalue weighted by atomic mass is 16.6. The minimum atomic E-state index is -0.449. The van der Waals surface area contributed by atoms with Gasteiger partial charge < -0.3 is 15.4 Å². The number of hydrogen-bond donors (Lipinski definition) is 1. The van der Waals surface area contributed by atoms with Crippen molar-refractivity contribution in [1.82, 2.24) is 9.80 Å². The summed E-state index contributed by atoms with van der Waals surface area (Å²) in [4.78, 5) is 16.4. The van der Waals surface area contributed by atoms with Crippen LogP contribution in [0.25, 0.3) is 11.1 Å². The van der Waals surface area contributed by atoms with Gasteiger partial charge in [-0.15, -0.1) is 0 Å². The minimum absolute atomic E-state index is 0. The fraction of sp³-hybridized carbons (Fsp3) is 0.500. The van der Waals surface area contributed by atoms with E-state index >= 15 is 0 Å². The van der Waals surface area contributed by atoms with Gasteiger partial charge in [-0.3, -0.25) is 4.90 Å². The maximum atomic E-state index is 12.2. The van der Waals surface area contributed by atoms with Gasteiger partial charge in [-0.05, 0) is 55.2 Å². The fourth-order valence-electron chi connectivity index (χ4n) is 3.40. The molecule has 3 rings (SSSR count). The predicted molar refractivity (Wildman–Crippen MR) is 131 cm³/mol. The molecule has 2 aromatic rings. The predicted octanol–water partition coefficient (Wildman–Crippen LogP) is 5.53. The first-order valence-corrected chi connectivity index (χ1v) is 10.9. The van der Waals surface area contributed by atoms with E-state index in [2.05, 4.69) is 53.4 Å². The number of amides is 1. The van der Waals surface area contributed by atoms with E-state index in [4.69, 9.17) is 10.5 Å². The molecule has 0 spiro atoms. The standard InChI is InChI=1S/C23H31N3O2.C2H6.CH4/c1-23(2,3)28-22(27)26-12-10-25(11-13-26)17-19-7-5-9-21(15-19)20-8-4-6-18(14-20)16-24;1-2;/h4-9,14-15H,10-13,16-17,24H2,1-3H3;1-2H3;1H4. The van der Waals surface area contributed by atoms with Crippen molar-refractivity contribution in [2.75, 3.05) is 26.2 Å². The molecular weight excluding hydrogens is 386 g/mol. The molecule has 5 heteroatoms. The number of piperazine rings is 1. The van der Waals surface area contributed by atoms with Gasteiger partial charge in [0.2, 0.25) is 0 Å².